The Bertz CT molecular complexity index is 1320. The van der Waals surface area contributed by atoms with Crippen molar-refractivity contribution in [2.24, 2.45) is 13.0 Å². The number of ether oxygens (including phenoxy) is 1. The molecule has 210 valence electrons. The van der Waals surface area contributed by atoms with Crippen LogP contribution in [-0.2, 0) is 23.2 Å². The smallest absolute Gasteiger partial charge is 0.271 e. The highest BCUT2D eigenvalue weighted by molar-refractivity contribution is 6.10. The molecule has 2 aromatic carbocycles. The molecule has 1 N–H and O–H groups in total. The number of rotatable bonds is 7. The first-order valence-electron chi connectivity index (χ1n) is 13.7. The third kappa shape index (κ3) is 6.03. The first-order valence-corrected chi connectivity index (χ1v) is 13.7. The van der Waals surface area contributed by atoms with Crippen LogP contribution in [0.2, 0.25) is 0 Å². The van der Waals surface area contributed by atoms with Gasteiger partial charge in [0.2, 0.25) is 5.91 Å². The van der Waals surface area contributed by atoms with Gasteiger partial charge in [-0.25, -0.2) is 0 Å². The first-order chi connectivity index (χ1) is 18.6. The summed E-state index contributed by atoms with van der Waals surface area (Å²) in [5, 5.41) is 11.2. The molecule has 0 radical (unpaired) electrons. The van der Waals surface area contributed by atoms with Gasteiger partial charge >= 0.3 is 0 Å². The van der Waals surface area contributed by atoms with Crippen LogP contribution in [0.25, 0.3) is 22.0 Å². The molecule has 0 aliphatic carbocycles. The maximum Gasteiger partial charge on any atom is 0.271 e. The minimum Gasteiger partial charge on any atom is -0.394 e. The van der Waals surface area contributed by atoms with Gasteiger partial charge in [0.25, 0.3) is 5.91 Å². The monoisotopic (exact) mass is 534 g/mol. The Morgan fingerprint density at radius 1 is 1.13 bits per heavy atom. The normalized spacial score (nSPS) is 19.0. The molecule has 0 saturated heterocycles. The molecule has 8 nitrogen and oxygen atoms in total. The molecule has 0 unspecified atom stereocenters. The van der Waals surface area contributed by atoms with E-state index in [1.165, 1.54) is 0 Å². The van der Waals surface area contributed by atoms with Crippen LogP contribution in [0.15, 0.2) is 48.5 Å². The highest BCUT2D eigenvalue weighted by Crippen LogP contribution is 2.38. The Kier molecular flexibility index (Phi) is 9.10. The molecule has 1 aromatic heterocycles. The molecule has 39 heavy (non-hydrogen) atoms. The number of carbonyl (C=O) groups is 2. The lowest BCUT2D eigenvalue weighted by Gasteiger charge is -2.35. The molecule has 8 heteroatoms. The predicted molar refractivity (Wildman–Crippen MR) is 154 cm³/mol. The number of fused-ring (bicyclic) bond motifs is 5. The molecule has 2 amide bonds. The van der Waals surface area contributed by atoms with Gasteiger partial charge in [0, 0.05) is 62.5 Å². The summed E-state index contributed by atoms with van der Waals surface area (Å²) in [6.45, 7) is 5.62. The van der Waals surface area contributed by atoms with Crippen LogP contribution in [0, 0.1) is 5.92 Å². The third-order valence-corrected chi connectivity index (χ3v) is 7.88. The van der Waals surface area contributed by atoms with Crippen LogP contribution in [0.3, 0.4) is 0 Å². The van der Waals surface area contributed by atoms with Gasteiger partial charge in [-0.1, -0.05) is 49.4 Å². The molecule has 0 fully saturated rings. The summed E-state index contributed by atoms with van der Waals surface area (Å²) in [5.74, 6) is -0.150. The number of amides is 2. The van der Waals surface area contributed by atoms with E-state index in [1.807, 2.05) is 87.0 Å². The minimum absolute atomic E-state index is 0.0600. The predicted octanol–water partition coefficient (Wildman–Crippen LogP) is 3.61. The van der Waals surface area contributed by atoms with E-state index < -0.39 is 0 Å². The topological polar surface area (TPSA) is 78.2 Å². The van der Waals surface area contributed by atoms with Gasteiger partial charge in [-0.2, -0.15) is 0 Å². The molecule has 3 aromatic rings. The SMILES string of the molecule is C[C@H]1CN([C@@H](C)CO)C(=O)c2c(c3ccccc3n2C)-c2ccccc2CO[C@@H]1CN(C)C(=O)CCN(C)C. The zero-order valence-corrected chi connectivity index (χ0v) is 24.1. The number of likely N-dealkylation sites (N-methyl/N-ethyl adjacent to an activating group) is 1. The number of benzene rings is 2. The van der Waals surface area contributed by atoms with Gasteiger partial charge in [0.1, 0.15) is 5.69 Å². The summed E-state index contributed by atoms with van der Waals surface area (Å²) in [4.78, 5) is 32.7. The van der Waals surface area contributed by atoms with Crippen molar-refractivity contribution in [3.8, 4) is 11.1 Å². The molecule has 2 heterocycles. The summed E-state index contributed by atoms with van der Waals surface area (Å²) >= 11 is 0. The first kappa shape index (κ1) is 28.8. The summed E-state index contributed by atoms with van der Waals surface area (Å²) in [7, 11) is 7.65. The van der Waals surface area contributed by atoms with Gasteiger partial charge in [0.05, 0.1) is 25.4 Å². The number of aliphatic hydroxyl groups excluding tert-OH is 1. The van der Waals surface area contributed by atoms with E-state index in [-0.39, 0.29) is 36.5 Å². The minimum atomic E-state index is -0.387. The molecular formula is C31H42N4O4. The van der Waals surface area contributed by atoms with Crippen LogP contribution in [-0.4, -0.2) is 95.7 Å². The summed E-state index contributed by atoms with van der Waals surface area (Å²) in [5.41, 5.74) is 4.41. The Morgan fingerprint density at radius 2 is 1.82 bits per heavy atom. The van der Waals surface area contributed by atoms with E-state index in [1.54, 1.807) is 9.80 Å². The largest absolute Gasteiger partial charge is 0.394 e. The fraction of sp³-hybridized carbons (Fsp3) is 0.484. The number of carbonyl (C=O) groups excluding carboxylic acids is 2. The lowest BCUT2D eigenvalue weighted by Crippen LogP contribution is -2.48. The van der Waals surface area contributed by atoms with Gasteiger partial charge < -0.3 is 29.1 Å². The molecule has 0 saturated carbocycles. The van der Waals surface area contributed by atoms with E-state index in [0.717, 1.165) is 27.6 Å². The van der Waals surface area contributed by atoms with Gasteiger partial charge in [0.15, 0.2) is 0 Å². The molecule has 4 rings (SSSR count). The second-order valence-corrected chi connectivity index (χ2v) is 11.1. The lowest BCUT2D eigenvalue weighted by molar-refractivity contribution is -0.133. The fourth-order valence-corrected chi connectivity index (χ4v) is 5.41. The van der Waals surface area contributed by atoms with E-state index in [0.29, 0.717) is 38.4 Å². The lowest BCUT2D eigenvalue weighted by atomic mass is 9.96. The van der Waals surface area contributed by atoms with Crippen molar-refractivity contribution >= 4 is 22.7 Å². The van der Waals surface area contributed by atoms with Crippen molar-refractivity contribution in [1.29, 1.82) is 0 Å². The van der Waals surface area contributed by atoms with Crippen LogP contribution in [0.5, 0.6) is 0 Å². The highest BCUT2D eigenvalue weighted by atomic mass is 16.5. The molecule has 0 bridgehead atoms. The number of aryl methyl sites for hydroxylation is 1. The zero-order valence-electron chi connectivity index (χ0n) is 24.1. The van der Waals surface area contributed by atoms with Gasteiger partial charge in [-0.15, -0.1) is 0 Å². The standard InChI is InChI=1S/C31H42N4O4/c1-21-17-35(22(2)19-36)31(38)30-29(25-13-9-10-14-26(25)34(30)6)24-12-8-7-11-23(24)20-39-27(21)18-33(5)28(37)15-16-32(3)4/h7-14,21-22,27,36H,15-20H2,1-6H3/t21-,22-,27+/m0/s1. The molecule has 3 atom stereocenters. The number of nitrogens with zero attached hydrogens (tertiary/aromatic N) is 4. The van der Waals surface area contributed by atoms with Crippen molar-refractivity contribution in [1.82, 2.24) is 19.3 Å². The maximum absolute atomic E-state index is 14.4. The molecule has 1 aliphatic rings. The maximum atomic E-state index is 14.4. The summed E-state index contributed by atoms with van der Waals surface area (Å²) in [6.07, 6.45) is 0.132. The molecule has 0 spiro atoms. The average molecular weight is 535 g/mol. The van der Waals surface area contributed by atoms with Crippen LogP contribution in [0.4, 0.5) is 0 Å². The Morgan fingerprint density at radius 3 is 2.54 bits per heavy atom. The van der Waals surface area contributed by atoms with Crippen LogP contribution in [0.1, 0.15) is 36.3 Å². The van der Waals surface area contributed by atoms with E-state index >= 15 is 0 Å². The van der Waals surface area contributed by atoms with E-state index in [9.17, 15) is 14.7 Å². The summed E-state index contributed by atoms with van der Waals surface area (Å²) < 4.78 is 8.55. The molecular weight excluding hydrogens is 492 g/mol. The van der Waals surface area contributed by atoms with E-state index in [2.05, 4.69) is 13.0 Å². The third-order valence-electron chi connectivity index (χ3n) is 7.88. The average Bonchev–Trinajstić information content (AvgIpc) is 3.22. The Balaban J connectivity index is 1.80. The second-order valence-electron chi connectivity index (χ2n) is 11.1. The Hall–Kier alpha value is -3.20. The van der Waals surface area contributed by atoms with Gasteiger partial charge in [-0.05, 0) is 38.2 Å². The second kappa shape index (κ2) is 12.3. The highest BCUT2D eigenvalue weighted by Gasteiger charge is 2.33. The number of para-hydroxylation sites is 1. The van der Waals surface area contributed by atoms with E-state index in [4.69, 9.17) is 4.74 Å². The van der Waals surface area contributed by atoms with Crippen molar-refractivity contribution in [2.45, 2.75) is 39.0 Å². The Labute approximate surface area is 231 Å². The van der Waals surface area contributed by atoms with Crippen molar-refractivity contribution in [3.05, 3.63) is 59.8 Å². The van der Waals surface area contributed by atoms with Gasteiger partial charge in [-0.3, -0.25) is 9.59 Å². The van der Waals surface area contributed by atoms with Crippen LogP contribution >= 0.6 is 0 Å². The van der Waals surface area contributed by atoms with Crippen molar-refractivity contribution in [2.75, 3.05) is 47.4 Å². The zero-order chi connectivity index (χ0) is 28.3. The number of aliphatic hydroxyl groups is 1. The quantitative estimate of drug-likeness (QED) is 0.501. The molecule has 1 aliphatic heterocycles. The fourth-order valence-electron chi connectivity index (χ4n) is 5.41. The number of hydrogen-bond acceptors (Lipinski definition) is 5. The number of aromatic nitrogens is 1. The van der Waals surface area contributed by atoms with Crippen LogP contribution < -0.4 is 0 Å². The summed E-state index contributed by atoms with van der Waals surface area (Å²) in [6, 6.07) is 15.7. The number of hydrogen-bond donors (Lipinski definition) is 1. The van der Waals surface area contributed by atoms with Crippen molar-refractivity contribution < 1.29 is 19.4 Å². The van der Waals surface area contributed by atoms with Crippen molar-refractivity contribution in [3.63, 3.8) is 0 Å².